The van der Waals surface area contributed by atoms with Gasteiger partial charge in [-0.3, -0.25) is 14.5 Å². The largest absolute Gasteiger partial charge is 0.416 e. The highest BCUT2D eigenvalue weighted by molar-refractivity contribution is 5.88. The Kier molecular flexibility index (Phi) is 6.76. The van der Waals surface area contributed by atoms with E-state index in [-0.39, 0.29) is 11.8 Å². The van der Waals surface area contributed by atoms with E-state index in [1.165, 1.54) is 6.07 Å². The van der Waals surface area contributed by atoms with E-state index in [0.29, 0.717) is 64.3 Å². The van der Waals surface area contributed by atoms with E-state index in [1.54, 1.807) is 11.0 Å². The van der Waals surface area contributed by atoms with Crippen molar-refractivity contribution in [2.75, 3.05) is 59.0 Å². The summed E-state index contributed by atoms with van der Waals surface area (Å²) in [6.07, 6.45) is -1.63. The lowest BCUT2D eigenvalue weighted by molar-refractivity contribution is -0.144. The molecular formula is C23H30F3N3O3. The zero-order valence-electron chi connectivity index (χ0n) is 18.2. The molecule has 6 nitrogen and oxygen atoms in total. The Hall–Kier alpha value is -2.13. The fraction of sp³-hybridized carbons (Fsp3) is 0.652. The molecule has 176 valence electrons. The Morgan fingerprint density at radius 1 is 0.938 bits per heavy atom. The van der Waals surface area contributed by atoms with Crippen molar-refractivity contribution >= 4 is 11.8 Å². The second-order valence-electron chi connectivity index (χ2n) is 8.93. The van der Waals surface area contributed by atoms with Gasteiger partial charge < -0.3 is 14.5 Å². The lowest BCUT2D eigenvalue weighted by Gasteiger charge is -2.43. The molecule has 3 fully saturated rings. The Balaban J connectivity index is 1.46. The smallest absolute Gasteiger partial charge is 0.381 e. The molecule has 0 aliphatic carbocycles. The molecule has 3 saturated heterocycles. The fourth-order valence-corrected chi connectivity index (χ4v) is 5.01. The molecule has 3 aliphatic rings. The van der Waals surface area contributed by atoms with Crippen LogP contribution in [0.3, 0.4) is 0 Å². The number of benzene rings is 1. The van der Waals surface area contributed by atoms with Crippen LogP contribution in [0.5, 0.6) is 0 Å². The van der Waals surface area contributed by atoms with Crippen molar-refractivity contribution in [2.24, 2.45) is 0 Å². The summed E-state index contributed by atoms with van der Waals surface area (Å²) in [4.78, 5) is 31.8. The summed E-state index contributed by atoms with van der Waals surface area (Å²) in [5, 5.41) is 0. The standard InChI is InChI=1S/C23H30F3N3O3/c24-23(25,26)19-5-3-4-18(16-19)22(6-14-32-15-7-22)21(31)29-12-10-27(11-13-29)17-20(30)28-8-1-2-9-28/h3-5,16H,1-2,6-15,17H2. The molecule has 0 spiro atoms. The topological polar surface area (TPSA) is 53.1 Å². The maximum absolute atomic E-state index is 13.7. The van der Waals surface area contributed by atoms with Crippen LogP contribution in [0.1, 0.15) is 36.8 Å². The maximum Gasteiger partial charge on any atom is 0.416 e. The minimum Gasteiger partial charge on any atom is -0.381 e. The van der Waals surface area contributed by atoms with Gasteiger partial charge in [0.1, 0.15) is 0 Å². The predicted molar refractivity (Wildman–Crippen MR) is 112 cm³/mol. The molecule has 32 heavy (non-hydrogen) atoms. The number of hydrogen-bond donors (Lipinski definition) is 0. The predicted octanol–water partition coefficient (Wildman–Crippen LogP) is 2.52. The van der Waals surface area contributed by atoms with Gasteiger partial charge in [-0.05, 0) is 37.3 Å². The van der Waals surface area contributed by atoms with Crippen LogP contribution in [-0.4, -0.2) is 85.5 Å². The normalized spacial score (nSPS) is 22.2. The molecule has 1 aromatic rings. The van der Waals surface area contributed by atoms with Crippen molar-refractivity contribution in [3.05, 3.63) is 35.4 Å². The molecule has 2 amide bonds. The molecular weight excluding hydrogens is 423 g/mol. The summed E-state index contributed by atoms with van der Waals surface area (Å²) in [6.45, 7) is 4.77. The van der Waals surface area contributed by atoms with Crippen molar-refractivity contribution in [1.82, 2.24) is 14.7 Å². The lowest BCUT2D eigenvalue weighted by Crippen LogP contribution is -2.57. The van der Waals surface area contributed by atoms with Gasteiger partial charge in [-0.2, -0.15) is 13.2 Å². The van der Waals surface area contributed by atoms with E-state index in [0.717, 1.165) is 38.1 Å². The van der Waals surface area contributed by atoms with Crippen LogP contribution < -0.4 is 0 Å². The van der Waals surface area contributed by atoms with Crippen LogP contribution in [0.25, 0.3) is 0 Å². The number of alkyl halides is 3. The Bertz CT molecular complexity index is 825. The van der Waals surface area contributed by atoms with Gasteiger partial charge in [0.05, 0.1) is 17.5 Å². The van der Waals surface area contributed by atoms with Gasteiger partial charge in [-0.15, -0.1) is 0 Å². The first-order chi connectivity index (χ1) is 15.3. The second-order valence-corrected chi connectivity index (χ2v) is 8.93. The molecule has 1 aromatic carbocycles. The van der Waals surface area contributed by atoms with Gasteiger partial charge in [-0.25, -0.2) is 0 Å². The van der Waals surface area contributed by atoms with Crippen molar-refractivity contribution in [3.8, 4) is 0 Å². The van der Waals surface area contributed by atoms with Gasteiger partial charge in [0, 0.05) is 52.5 Å². The molecule has 9 heteroatoms. The summed E-state index contributed by atoms with van der Waals surface area (Å²) < 4.78 is 45.4. The number of carbonyl (C=O) groups excluding carboxylic acids is 2. The third-order valence-electron chi connectivity index (χ3n) is 6.98. The first kappa shape index (κ1) is 23.0. The van der Waals surface area contributed by atoms with Gasteiger partial charge >= 0.3 is 6.18 Å². The number of likely N-dealkylation sites (tertiary alicyclic amines) is 1. The van der Waals surface area contributed by atoms with Crippen molar-refractivity contribution in [3.63, 3.8) is 0 Å². The van der Waals surface area contributed by atoms with E-state index >= 15 is 0 Å². The highest BCUT2D eigenvalue weighted by Gasteiger charge is 2.45. The van der Waals surface area contributed by atoms with Gasteiger partial charge in [0.15, 0.2) is 0 Å². The minimum absolute atomic E-state index is 0.132. The van der Waals surface area contributed by atoms with Crippen LogP contribution in [-0.2, 0) is 25.9 Å². The third kappa shape index (κ3) is 4.78. The molecule has 0 bridgehead atoms. The second kappa shape index (κ2) is 9.39. The molecule has 0 unspecified atom stereocenters. The fourth-order valence-electron chi connectivity index (χ4n) is 5.01. The molecule has 0 radical (unpaired) electrons. The molecule has 3 heterocycles. The van der Waals surface area contributed by atoms with E-state index in [9.17, 15) is 22.8 Å². The van der Waals surface area contributed by atoms with E-state index < -0.39 is 17.2 Å². The number of piperazine rings is 1. The van der Waals surface area contributed by atoms with Gasteiger partial charge in [-0.1, -0.05) is 18.2 Å². The van der Waals surface area contributed by atoms with Crippen molar-refractivity contribution in [1.29, 1.82) is 0 Å². The highest BCUT2D eigenvalue weighted by atomic mass is 19.4. The Morgan fingerprint density at radius 3 is 2.22 bits per heavy atom. The maximum atomic E-state index is 13.7. The quantitative estimate of drug-likeness (QED) is 0.703. The SMILES string of the molecule is O=C(CN1CCN(C(=O)C2(c3cccc(C(F)(F)F)c3)CCOCC2)CC1)N1CCCC1. The van der Waals surface area contributed by atoms with E-state index in [1.807, 2.05) is 4.90 Å². The summed E-state index contributed by atoms with van der Waals surface area (Å²) in [5.74, 6) is -0.00205. The Labute approximate surface area is 186 Å². The van der Waals surface area contributed by atoms with Gasteiger partial charge in [0.25, 0.3) is 0 Å². The van der Waals surface area contributed by atoms with Crippen molar-refractivity contribution in [2.45, 2.75) is 37.3 Å². The number of halogens is 3. The van der Waals surface area contributed by atoms with E-state index in [4.69, 9.17) is 4.74 Å². The van der Waals surface area contributed by atoms with Crippen LogP contribution >= 0.6 is 0 Å². The summed E-state index contributed by atoms with van der Waals surface area (Å²) >= 11 is 0. The number of hydrogen-bond acceptors (Lipinski definition) is 4. The Morgan fingerprint density at radius 2 is 1.59 bits per heavy atom. The molecule has 0 N–H and O–H groups in total. The van der Waals surface area contributed by atoms with Crippen LogP contribution in [0.4, 0.5) is 13.2 Å². The average Bonchev–Trinajstić information content (AvgIpc) is 3.34. The van der Waals surface area contributed by atoms with Crippen LogP contribution in [0.2, 0.25) is 0 Å². The molecule has 0 saturated carbocycles. The van der Waals surface area contributed by atoms with Crippen LogP contribution in [0, 0.1) is 0 Å². The zero-order valence-corrected chi connectivity index (χ0v) is 18.2. The minimum atomic E-state index is -4.46. The van der Waals surface area contributed by atoms with Gasteiger partial charge in [0.2, 0.25) is 11.8 Å². The first-order valence-electron chi connectivity index (χ1n) is 11.3. The summed E-state index contributed by atoms with van der Waals surface area (Å²) in [5.41, 5.74) is -1.33. The third-order valence-corrected chi connectivity index (χ3v) is 6.98. The lowest BCUT2D eigenvalue weighted by atomic mass is 9.72. The molecule has 4 rings (SSSR count). The summed E-state index contributed by atoms with van der Waals surface area (Å²) in [6, 6.07) is 5.17. The zero-order chi connectivity index (χ0) is 22.8. The number of amides is 2. The van der Waals surface area contributed by atoms with Crippen molar-refractivity contribution < 1.29 is 27.5 Å². The number of nitrogens with zero attached hydrogens (tertiary/aromatic N) is 3. The highest BCUT2D eigenvalue weighted by Crippen LogP contribution is 2.39. The first-order valence-corrected chi connectivity index (χ1v) is 11.3. The molecule has 3 aliphatic heterocycles. The van der Waals surface area contributed by atoms with E-state index in [2.05, 4.69) is 4.90 Å². The van der Waals surface area contributed by atoms with Crippen LogP contribution in [0.15, 0.2) is 24.3 Å². The average molecular weight is 454 g/mol. The molecule has 0 atom stereocenters. The monoisotopic (exact) mass is 453 g/mol. The molecule has 0 aromatic heterocycles. The number of rotatable bonds is 4. The number of carbonyl (C=O) groups is 2. The number of ether oxygens (including phenoxy) is 1. The summed E-state index contributed by atoms with van der Waals surface area (Å²) in [7, 11) is 0.